The topological polar surface area (TPSA) is 68.0 Å². The summed E-state index contributed by atoms with van der Waals surface area (Å²) in [6.07, 6.45) is 4.14. The summed E-state index contributed by atoms with van der Waals surface area (Å²) in [7, 11) is 0. The second-order valence-electron chi connectivity index (χ2n) is 5.06. The summed E-state index contributed by atoms with van der Waals surface area (Å²) in [4.78, 5) is 23.0. The van der Waals surface area contributed by atoms with Crippen molar-refractivity contribution in [2.24, 2.45) is 0 Å². The second-order valence-corrected chi connectivity index (χ2v) is 7.14. The average Bonchev–Trinajstić information content (AvgIpc) is 3.21. The summed E-state index contributed by atoms with van der Waals surface area (Å²) in [6, 6.07) is 5.64. The Morgan fingerprint density at radius 1 is 1.48 bits per heavy atom. The van der Waals surface area contributed by atoms with Gasteiger partial charge in [0.1, 0.15) is 21.9 Å². The number of carbonyl (C=O) groups excluding carboxylic acids is 1. The van der Waals surface area contributed by atoms with Crippen LogP contribution in [0, 0.1) is 0 Å². The smallest absolute Gasteiger partial charge is 0.230 e. The number of aromatic nitrogens is 2. The van der Waals surface area contributed by atoms with Gasteiger partial charge in [0.05, 0.1) is 18.1 Å². The molecule has 0 aliphatic rings. The Morgan fingerprint density at radius 2 is 2.35 bits per heavy atom. The largest absolute Gasteiger partial charge is 0.467 e. The van der Waals surface area contributed by atoms with Crippen molar-refractivity contribution in [3.8, 4) is 0 Å². The molecule has 0 saturated carbocycles. The van der Waals surface area contributed by atoms with Crippen LogP contribution in [0.1, 0.15) is 30.5 Å². The highest BCUT2D eigenvalue weighted by molar-refractivity contribution is 8.00. The first-order valence-corrected chi connectivity index (χ1v) is 9.16. The van der Waals surface area contributed by atoms with E-state index in [0.29, 0.717) is 5.75 Å². The number of fused-ring (bicyclic) bond motifs is 1. The van der Waals surface area contributed by atoms with Gasteiger partial charge in [0, 0.05) is 10.3 Å². The molecule has 0 spiro atoms. The number of thioether (sulfide) groups is 1. The summed E-state index contributed by atoms with van der Waals surface area (Å²) >= 11 is 3.11. The number of amides is 1. The van der Waals surface area contributed by atoms with Crippen molar-refractivity contribution in [3.63, 3.8) is 0 Å². The minimum absolute atomic E-state index is 0.0448. The van der Waals surface area contributed by atoms with Gasteiger partial charge in [-0.1, -0.05) is 18.7 Å². The number of carbonyl (C=O) groups is 1. The molecule has 0 bridgehead atoms. The lowest BCUT2D eigenvalue weighted by molar-refractivity contribution is -0.119. The van der Waals surface area contributed by atoms with Gasteiger partial charge in [0.25, 0.3) is 0 Å². The molecule has 3 rings (SSSR count). The molecule has 23 heavy (non-hydrogen) atoms. The third kappa shape index (κ3) is 3.73. The highest BCUT2D eigenvalue weighted by atomic mass is 32.2. The summed E-state index contributed by atoms with van der Waals surface area (Å²) in [6.45, 7) is 4.02. The normalized spacial score (nSPS) is 12.4. The highest BCUT2D eigenvalue weighted by Gasteiger charge is 2.14. The molecule has 0 aromatic carbocycles. The van der Waals surface area contributed by atoms with E-state index in [1.54, 1.807) is 23.9 Å². The number of hydrogen-bond donors (Lipinski definition) is 1. The zero-order valence-corrected chi connectivity index (χ0v) is 14.5. The minimum atomic E-state index is -0.142. The molecule has 7 heteroatoms. The lowest BCUT2D eigenvalue weighted by Gasteiger charge is -2.11. The molecular weight excluding hydrogens is 330 g/mol. The summed E-state index contributed by atoms with van der Waals surface area (Å²) in [5.41, 5.74) is 0. The van der Waals surface area contributed by atoms with E-state index in [2.05, 4.69) is 28.3 Å². The Morgan fingerprint density at radius 3 is 3.09 bits per heavy atom. The van der Waals surface area contributed by atoms with Gasteiger partial charge in [-0.2, -0.15) is 0 Å². The van der Waals surface area contributed by atoms with Gasteiger partial charge in [-0.25, -0.2) is 9.97 Å². The first-order chi connectivity index (χ1) is 11.2. The fourth-order valence-electron chi connectivity index (χ4n) is 2.20. The fraction of sp³-hybridized carbons (Fsp3) is 0.312. The molecule has 3 heterocycles. The number of nitrogens with one attached hydrogen (secondary N) is 1. The Labute approximate surface area is 142 Å². The zero-order valence-electron chi connectivity index (χ0n) is 12.9. The number of rotatable bonds is 6. The summed E-state index contributed by atoms with van der Waals surface area (Å²) < 4.78 is 5.29. The summed E-state index contributed by atoms with van der Waals surface area (Å²) in [5.74, 6) is 1.02. The van der Waals surface area contributed by atoms with Crippen LogP contribution in [-0.2, 0) is 11.2 Å². The molecule has 0 fully saturated rings. The van der Waals surface area contributed by atoms with Gasteiger partial charge in [0.15, 0.2) is 0 Å². The van der Waals surface area contributed by atoms with Crippen molar-refractivity contribution in [1.82, 2.24) is 15.3 Å². The molecule has 0 unspecified atom stereocenters. The molecule has 3 aromatic rings. The predicted molar refractivity (Wildman–Crippen MR) is 92.8 cm³/mol. The standard InChI is InChI=1S/C16H17N3O2S2/c1-3-11-7-12-15(17-9-18-16(12)23-11)22-8-14(20)19-10(2)13-5-4-6-21-13/h4-7,9-10H,3,8H2,1-2H3,(H,19,20)/t10-/m1/s1. The van der Waals surface area contributed by atoms with Crippen molar-refractivity contribution in [3.05, 3.63) is 41.4 Å². The van der Waals surface area contributed by atoms with E-state index in [4.69, 9.17) is 4.42 Å². The zero-order chi connectivity index (χ0) is 16.2. The Balaban J connectivity index is 1.64. The van der Waals surface area contributed by atoms with Gasteiger partial charge in [-0.3, -0.25) is 4.79 Å². The molecule has 0 saturated heterocycles. The van der Waals surface area contributed by atoms with Crippen molar-refractivity contribution in [2.75, 3.05) is 5.75 Å². The Hall–Kier alpha value is -1.86. The maximum absolute atomic E-state index is 12.1. The fourth-order valence-corrected chi connectivity index (χ4v) is 3.98. The van der Waals surface area contributed by atoms with E-state index < -0.39 is 0 Å². The van der Waals surface area contributed by atoms with Crippen molar-refractivity contribution in [1.29, 1.82) is 0 Å². The van der Waals surface area contributed by atoms with E-state index in [-0.39, 0.29) is 11.9 Å². The first kappa shape index (κ1) is 16.0. The number of thiophene rings is 1. The molecule has 0 aliphatic heterocycles. The quantitative estimate of drug-likeness (QED) is 0.542. The molecule has 0 radical (unpaired) electrons. The van der Waals surface area contributed by atoms with Crippen LogP contribution in [0.4, 0.5) is 0 Å². The number of furan rings is 1. The Bertz CT molecular complexity index is 799. The van der Waals surface area contributed by atoms with Crippen LogP contribution in [0.5, 0.6) is 0 Å². The van der Waals surface area contributed by atoms with Gasteiger partial charge in [0.2, 0.25) is 5.91 Å². The lowest BCUT2D eigenvalue weighted by atomic mass is 10.2. The second kappa shape index (κ2) is 7.14. The molecular formula is C16H17N3O2S2. The van der Waals surface area contributed by atoms with Crippen LogP contribution >= 0.6 is 23.1 Å². The van der Waals surface area contributed by atoms with Crippen LogP contribution < -0.4 is 5.32 Å². The van der Waals surface area contributed by atoms with Crippen LogP contribution in [0.2, 0.25) is 0 Å². The van der Waals surface area contributed by atoms with Gasteiger partial charge in [-0.05, 0) is 31.5 Å². The average molecular weight is 347 g/mol. The predicted octanol–water partition coefficient (Wildman–Crippen LogP) is 3.82. The molecule has 5 nitrogen and oxygen atoms in total. The number of aryl methyl sites for hydroxylation is 1. The molecule has 0 aliphatic carbocycles. The number of hydrogen-bond acceptors (Lipinski definition) is 6. The maximum atomic E-state index is 12.1. The lowest BCUT2D eigenvalue weighted by Crippen LogP contribution is -2.27. The van der Waals surface area contributed by atoms with E-state index >= 15 is 0 Å². The van der Waals surface area contributed by atoms with E-state index in [0.717, 1.165) is 27.4 Å². The SMILES string of the molecule is CCc1cc2c(SCC(=O)N[C@H](C)c3ccco3)ncnc2s1. The minimum Gasteiger partial charge on any atom is -0.467 e. The molecule has 3 aromatic heterocycles. The third-order valence-electron chi connectivity index (χ3n) is 3.38. The highest BCUT2D eigenvalue weighted by Crippen LogP contribution is 2.30. The van der Waals surface area contributed by atoms with Gasteiger partial charge in [-0.15, -0.1) is 11.3 Å². The van der Waals surface area contributed by atoms with Gasteiger partial charge >= 0.3 is 0 Å². The molecule has 1 atom stereocenters. The third-order valence-corrected chi connectivity index (χ3v) is 5.57. The molecule has 1 amide bonds. The van der Waals surface area contributed by atoms with E-state index in [1.165, 1.54) is 16.6 Å². The van der Waals surface area contributed by atoms with Crippen LogP contribution in [0.3, 0.4) is 0 Å². The van der Waals surface area contributed by atoms with Crippen molar-refractivity contribution >= 4 is 39.2 Å². The summed E-state index contributed by atoms with van der Waals surface area (Å²) in [5, 5.41) is 4.81. The van der Waals surface area contributed by atoms with E-state index in [1.807, 2.05) is 19.1 Å². The number of nitrogens with zero attached hydrogens (tertiary/aromatic N) is 2. The van der Waals surface area contributed by atoms with Crippen LogP contribution in [0.25, 0.3) is 10.2 Å². The van der Waals surface area contributed by atoms with E-state index in [9.17, 15) is 4.79 Å². The molecule has 120 valence electrons. The van der Waals surface area contributed by atoms with Crippen LogP contribution in [-0.4, -0.2) is 21.6 Å². The van der Waals surface area contributed by atoms with Crippen molar-refractivity contribution in [2.45, 2.75) is 31.3 Å². The molecule has 1 N–H and O–H groups in total. The first-order valence-electron chi connectivity index (χ1n) is 7.36. The van der Waals surface area contributed by atoms with Gasteiger partial charge < -0.3 is 9.73 Å². The van der Waals surface area contributed by atoms with Crippen molar-refractivity contribution < 1.29 is 9.21 Å². The maximum Gasteiger partial charge on any atom is 0.230 e. The van der Waals surface area contributed by atoms with Crippen LogP contribution in [0.15, 0.2) is 40.2 Å². The Kier molecular flexibility index (Phi) is 4.97. The monoisotopic (exact) mass is 347 g/mol.